The van der Waals surface area contributed by atoms with Crippen LogP contribution in [0.5, 0.6) is 0 Å². The van der Waals surface area contributed by atoms with Gasteiger partial charge in [-0.25, -0.2) is 0 Å². The maximum absolute atomic E-state index is 9.28. The van der Waals surface area contributed by atoms with Gasteiger partial charge in [-0.2, -0.15) is 9.64 Å². The molecule has 0 unspecified atom stereocenters. The highest BCUT2D eigenvalue weighted by Crippen LogP contribution is 2.39. The fourth-order valence-electron chi connectivity index (χ4n) is 3.01. The molecule has 1 aliphatic heterocycles. The van der Waals surface area contributed by atoms with Crippen molar-refractivity contribution in [2.75, 3.05) is 31.1 Å². The largest absolute Gasteiger partial charge is 0.360 e. The summed E-state index contributed by atoms with van der Waals surface area (Å²) in [5.41, 5.74) is 2.69. The van der Waals surface area contributed by atoms with E-state index in [1.165, 1.54) is 24.4 Å². The minimum atomic E-state index is 0.642. The zero-order valence-electron chi connectivity index (χ0n) is 13.2. The molecule has 2 aliphatic rings. The number of nitriles is 1. The molecule has 7 heteroatoms. The van der Waals surface area contributed by atoms with Gasteiger partial charge in [0.05, 0.1) is 17.9 Å². The maximum atomic E-state index is 9.28. The van der Waals surface area contributed by atoms with Crippen LogP contribution in [0.25, 0.3) is 0 Å². The van der Waals surface area contributed by atoms with E-state index in [1.54, 1.807) is 0 Å². The van der Waals surface area contributed by atoms with Gasteiger partial charge in [0.25, 0.3) is 0 Å². The molecule has 1 saturated heterocycles. The Morgan fingerprint density at radius 2 is 2.13 bits per heavy atom. The average Bonchev–Trinajstić information content (AvgIpc) is 3.20. The lowest BCUT2D eigenvalue weighted by Gasteiger charge is -2.34. The molecule has 3 heterocycles. The number of rotatable bonds is 4. The van der Waals surface area contributed by atoms with Crippen molar-refractivity contribution in [2.24, 2.45) is 0 Å². The molecule has 120 valence electrons. The van der Waals surface area contributed by atoms with Gasteiger partial charge >= 0.3 is 0 Å². The first-order chi connectivity index (χ1) is 11.2. The molecule has 0 N–H and O–H groups in total. The highest BCUT2D eigenvalue weighted by atomic mass is 32.1. The molecule has 1 saturated carbocycles. The summed E-state index contributed by atoms with van der Waals surface area (Å²) in [6.07, 6.45) is 2.50. The summed E-state index contributed by atoms with van der Waals surface area (Å²) in [4.78, 5) is 4.66. The Balaban J connectivity index is 1.36. The molecule has 0 aromatic carbocycles. The molecule has 2 aromatic rings. The van der Waals surface area contributed by atoms with Crippen LogP contribution in [0.15, 0.2) is 10.6 Å². The van der Waals surface area contributed by atoms with Crippen molar-refractivity contribution in [3.05, 3.63) is 28.8 Å². The molecular weight excluding hydrogens is 310 g/mol. The number of aromatic nitrogens is 2. The van der Waals surface area contributed by atoms with Gasteiger partial charge in [-0.1, -0.05) is 5.16 Å². The quantitative estimate of drug-likeness (QED) is 0.858. The smallest absolute Gasteiger partial charge is 0.150 e. The molecule has 0 atom stereocenters. The molecule has 0 bridgehead atoms. The molecule has 0 spiro atoms. The number of hydrogen-bond donors (Lipinski definition) is 0. The van der Waals surface area contributed by atoms with Crippen LogP contribution in [0, 0.1) is 18.3 Å². The molecule has 0 radical (unpaired) electrons. The molecule has 0 amide bonds. The van der Waals surface area contributed by atoms with Crippen molar-refractivity contribution in [1.29, 1.82) is 5.26 Å². The van der Waals surface area contributed by atoms with E-state index in [9.17, 15) is 5.26 Å². The van der Waals surface area contributed by atoms with Crippen LogP contribution < -0.4 is 4.90 Å². The molecule has 2 aromatic heterocycles. The van der Waals surface area contributed by atoms with Crippen molar-refractivity contribution >= 4 is 16.5 Å². The van der Waals surface area contributed by atoms with Crippen LogP contribution in [0.3, 0.4) is 0 Å². The van der Waals surface area contributed by atoms with E-state index in [4.69, 9.17) is 4.52 Å². The van der Waals surface area contributed by atoms with Crippen LogP contribution in [0.2, 0.25) is 0 Å². The van der Waals surface area contributed by atoms with Gasteiger partial charge in [0.1, 0.15) is 16.6 Å². The van der Waals surface area contributed by atoms with Gasteiger partial charge in [0, 0.05) is 38.2 Å². The van der Waals surface area contributed by atoms with E-state index in [0.29, 0.717) is 5.92 Å². The highest BCUT2D eigenvalue weighted by Gasteiger charge is 2.28. The first kappa shape index (κ1) is 14.7. The van der Waals surface area contributed by atoms with Gasteiger partial charge in [-0.05, 0) is 31.3 Å². The fraction of sp³-hybridized carbons (Fsp3) is 0.562. The molecule has 1 aliphatic carbocycles. The molecule has 4 rings (SSSR count). The zero-order chi connectivity index (χ0) is 15.8. The van der Waals surface area contributed by atoms with Gasteiger partial charge in [0.2, 0.25) is 0 Å². The van der Waals surface area contributed by atoms with Crippen molar-refractivity contribution in [2.45, 2.75) is 32.2 Å². The number of anilines is 1. The van der Waals surface area contributed by atoms with Gasteiger partial charge in [-0.15, -0.1) is 0 Å². The Morgan fingerprint density at radius 1 is 1.35 bits per heavy atom. The average molecular weight is 329 g/mol. The number of piperazine rings is 1. The van der Waals surface area contributed by atoms with E-state index >= 15 is 0 Å². The lowest BCUT2D eigenvalue weighted by molar-refractivity contribution is 0.219. The third kappa shape index (κ3) is 2.96. The van der Waals surface area contributed by atoms with Crippen molar-refractivity contribution in [3.8, 4) is 6.07 Å². The highest BCUT2D eigenvalue weighted by molar-refractivity contribution is 7.10. The van der Waals surface area contributed by atoms with E-state index in [1.807, 2.05) is 6.92 Å². The third-order valence-corrected chi connectivity index (χ3v) is 5.57. The second kappa shape index (κ2) is 5.95. The monoisotopic (exact) mass is 329 g/mol. The van der Waals surface area contributed by atoms with E-state index in [2.05, 4.69) is 31.5 Å². The van der Waals surface area contributed by atoms with Crippen molar-refractivity contribution in [3.63, 3.8) is 0 Å². The SMILES string of the molecule is Cc1nsc(N2CCN(Cc3cc(C4CC4)no3)CC2)c1C#N. The lowest BCUT2D eigenvalue weighted by Crippen LogP contribution is -2.45. The molecule has 23 heavy (non-hydrogen) atoms. The topological polar surface area (TPSA) is 69.2 Å². The molecule has 2 fully saturated rings. The van der Waals surface area contributed by atoms with E-state index < -0.39 is 0 Å². The third-order valence-electron chi connectivity index (χ3n) is 4.57. The summed E-state index contributed by atoms with van der Waals surface area (Å²) in [5, 5.41) is 14.5. The van der Waals surface area contributed by atoms with Gasteiger partial charge < -0.3 is 9.42 Å². The minimum absolute atomic E-state index is 0.642. The van der Waals surface area contributed by atoms with Crippen molar-refractivity contribution in [1.82, 2.24) is 14.4 Å². The second-order valence-electron chi connectivity index (χ2n) is 6.32. The first-order valence-corrected chi connectivity index (χ1v) is 8.81. The standard InChI is InChI=1S/C16H19N5OS/c1-11-14(9-17)16(23-19-11)21-6-4-20(5-7-21)10-13-8-15(18-22-13)12-2-3-12/h8,12H,2-7,10H2,1H3. The van der Waals surface area contributed by atoms with E-state index in [-0.39, 0.29) is 0 Å². The Morgan fingerprint density at radius 3 is 2.83 bits per heavy atom. The maximum Gasteiger partial charge on any atom is 0.150 e. The Kier molecular flexibility index (Phi) is 3.79. The van der Waals surface area contributed by atoms with Crippen LogP contribution in [-0.2, 0) is 6.54 Å². The number of aryl methyl sites for hydroxylation is 1. The zero-order valence-corrected chi connectivity index (χ0v) is 14.0. The van der Waals surface area contributed by atoms with Crippen LogP contribution in [0.1, 0.15) is 41.5 Å². The minimum Gasteiger partial charge on any atom is -0.360 e. The number of hydrogen-bond acceptors (Lipinski definition) is 7. The predicted molar refractivity (Wildman–Crippen MR) is 87.5 cm³/mol. The van der Waals surface area contributed by atoms with Crippen LogP contribution >= 0.6 is 11.5 Å². The molecular formula is C16H19N5OS. The van der Waals surface area contributed by atoms with Gasteiger partial charge in [-0.3, -0.25) is 4.90 Å². The van der Waals surface area contributed by atoms with Crippen LogP contribution in [0.4, 0.5) is 5.00 Å². The summed E-state index contributed by atoms with van der Waals surface area (Å²) in [6, 6.07) is 4.40. The normalized spacial score (nSPS) is 19.0. The van der Waals surface area contributed by atoms with Crippen molar-refractivity contribution < 1.29 is 4.52 Å². The lowest BCUT2D eigenvalue weighted by atomic mass is 10.2. The van der Waals surface area contributed by atoms with E-state index in [0.717, 1.165) is 60.4 Å². The molecule has 6 nitrogen and oxygen atoms in total. The van der Waals surface area contributed by atoms with Crippen LogP contribution in [-0.4, -0.2) is 40.6 Å². The fourth-order valence-corrected chi connectivity index (χ4v) is 3.90. The summed E-state index contributed by atoms with van der Waals surface area (Å²) in [7, 11) is 0. The second-order valence-corrected chi connectivity index (χ2v) is 7.07. The Bertz CT molecular complexity index is 734. The number of nitrogens with zero attached hydrogens (tertiary/aromatic N) is 5. The first-order valence-electron chi connectivity index (χ1n) is 8.04. The summed E-state index contributed by atoms with van der Waals surface area (Å²) < 4.78 is 9.78. The van der Waals surface area contributed by atoms with Gasteiger partial charge in [0.15, 0.2) is 5.76 Å². The predicted octanol–water partition coefficient (Wildman–Crippen LogP) is 2.51. The summed E-state index contributed by atoms with van der Waals surface area (Å²) >= 11 is 1.43. The summed E-state index contributed by atoms with van der Waals surface area (Å²) in [6.45, 7) is 6.47. The Hall–Kier alpha value is -1.91. The Labute approximate surface area is 139 Å². The summed E-state index contributed by atoms with van der Waals surface area (Å²) in [5.74, 6) is 1.61.